The van der Waals surface area contributed by atoms with Crippen LogP contribution in [0.15, 0.2) is 53.5 Å². The highest BCUT2D eigenvalue weighted by atomic mass is 127. The summed E-state index contributed by atoms with van der Waals surface area (Å²) in [7, 11) is 0. The molecule has 2 amide bonds. The van der Waals surface area contributed by atoms with Gasteiger partial charge in [0.2, 0.25) is 5.91 Å². The maximum atomic E-state index is 12.5. The molecule has 0 fully saturated rings. The van der Waals surface area contributed by atoms with E-state index < -0.39 is 5.60 Å². The quantitative estimate of drug-likeness (QED) is 0.306. The number of nitrogens with one attached hydrogen (secondary N) is 2. The number of anilines is 1. The molecule has 7 nitrogen and oxygen atoms in total. The van der Waals surface area contributed by atoms with Crippen LogP contribution in [-0.2, 0) is 14.3 Å². The van der Waals surface area contributed by atoms with Gasteiger partial charge in [-0.15, -0.1) is 0 Å². The molecule has 1 heterocycles. The number of para-hydroxylation sites is 3. The summed E-state index contributed by atoms with van der Waals surface area (Å²) in [5.74, 6) is 0.108. The highest BCUT2D eigenvalue weighted by Gasteiger charge is 2.26. The van der Waals surface area contributed by atoms with Gasteiger partial charge < -0.3 is 20.1 Å². The van der Waals surface area contributed by atoms with Crippen molar-refractivity contribution in [1.82, 2.24) is 5.32 Å². The molecule has 3 rings (SSSR count). The van der Waals surface area contributed by atoms with Crippen LogP contribution >= 0.6 is 22.6 Å². The molecular formula is C26H32IN3O4. The zero-order valence-electron chi connectivity index (χ0n) is 20.1. The third kappa shape index (κ3) is 7.53. The van der Waals surface area contributed by atoms with Crippen molar-refractivity contribution in [3.63, 3.8) is 0 Å². The smallest absolute Gasteiger partial charge is 0.258 e. The Morgan fingerprint density at radius 1 is 1.15 bits per heavy atom. The van der Waals surface area contributed by atoms with Crippen LogP contribution in [0.5, 0.6) is 5.75 Å². The first-order chi connectivity index (χ1) is 16.1. The summed E-state index contributed by atoms with van der Waals surface area (Å²) in [6.07, 6.45) is 1.11. The lowest BCUT2D eigenvalue weighted by molar-refractivity contribution is -0.124. The fourth-order valence-corrected chi connectivity index (χ4v) is 3.36. The van der Waals surface area contributed by atoms with E-state index in [0.29, 0.717) is 41.6 Å². The molecule has 0 aliphatic carbocycles. The third-order valence-corrected chi connectivity index (χ3v) is 6.60. The number of alkyl halides is 1. The minimum Gasteiger partial charge on any atom is -0.483 e. The van der Waals surface area contributed by atoms with Gasteiger partial charge in [-0.3, -0.25) is 9.59 Å². The maximum Gasteiger partial charge on any atom is 0.258 e. The van der Waals surface area contributed by atoms with Crippen LogP contribution in [0.1, 0.15) is 46.1 Å². The Labute approximate surface area is 214 Å². The second-order valence-corrected chi connectivity index (χ2v) is 11.8. The summed E-state index contributed by atoms with van der Waals surface area (Å²) in [5.41, 5.74) is 2.14. The van der Waals surface area contributed by atoms with Crippen molar-refractivity contribution in [3.8, 4) is 5.75 Å². The largest absolute Gasteiger partial charge is 0.483 e. The number of ether oxygens (including phenoxy) is 2. The molecule has 1 unspecified atom stereocenters. The van der Waals surface area contributed by atoms with E-state index in [4.69, 9.17) is 14.5 Å². The summed E-state index contributed by atoms with van der Waals surface area (Å²) in [5, 5.41) is 5.77. The van der Waals surface area contributed by atoms with E-state index in [1.165, 1.54) is 0 Å². The van der Waals surface area contributed by atoms with Crippen molar-refractivity contribution in [3.05, 3.63) is 54.1 Å². The van der Waals surface area contributed by atoms with E-state index in [1.54, 1.807) is 6.07 Å². The number of carbonyl (C=O) groups is 2. The number of fused-ring (bicyclic) bond motifs is 1. The van der Waals surface area contributed by atoms with Gasteiger partial charge in [0.25, 0.3) is 5.91 Å². The van der Waals surface area contributed by atoms with E-state index in [9.17, 15) is 9.59 Å². The number of carbonyl (C=O) groups excluding carboxylic acids is 2. The van der Waals surface area contributed by atoms with E-state index in [1.807, 2.05) is 56.3 Å². The van der Waals surface area contributed by atoms with Crippen molar-refractivity contribution in [2.24, 2.45) is 4.99 Å². The molecule has 2 aromatic carbocycles. The molecule has 1 aliphatic heterocycles. The van der Waals surface area contributed by atoms with Crippen molar-refractivity contribution >= 4 is 51.5 Å². The van der Waals surface area contributed by atoms with E-state index in [2.05, 4.69) is 47.1 Å². The van der Waals surface area contributed by atoms with Gasteiger partial charge in [-0.05, 0) is 51.5 Å². The molecule has 2 aromatic rings. The van der Waals surface area contributed by atoms with Gasteiger partial charge in [0, 0.05) is 15.5 Å². The summed E-state index contributed by atoms with van der Waals surface area (Å²) in [6.45, 7) is 9.02. The summed E-state index contributed by atoms with van der Waals surface area (Å²) < 4.78 is 11.9. The molecule has 0 saturated carbocycles. The van der Waals surface area contributed by atoms with E-state index >= 15 is 0 Å². The van der Waals surface area contributed by atoms with Crippen molar-refractivity contribution in [1.29, 1.82) is 0 Å². The lowest BCUT2D eigenvalue weighted by Gasteiger charge is -2.30. The van der Waals surface area contributed by atoms with Crippen LogP contribution in [0.2, 0.25) is 0 Å². The van der Waals surface area contributed by atoms with Gasteiger partial charge in [0.15, 0.2) is 6.61 Å². The topological polar surface area (TPSA) is 89.0 Å². The molecule has 182 valence electrons. The minimum absolute atomic E-state index is 0.0595. The Balaban J connectivity index is 1.63. The number of hydrogen-bond acceptors (Lipinski definition) is 5. The molecule has 8 heteroatoms. The fourth-order valence-electron chi connectivity index (χ4n) is 3.20. The Bertz CT molecular complexity index is 1070. The molecule has 34 heavy (non-hydrogen) atoms. The lowest BCUT2D eigenvalue weighted by Crippen LogP contribution is -2.44. The highest BCUT2D eigenvalue weighted by Crippen LogP contribution is 2.30. The van der Waals surface area contributed by atoms with Crippen LogP contribution < -0.4 is 15.4 Å². The number of benzene rings is 2. The molecule has 1 aliphatic rings. The van der Waals surface area contributed by atoms with Crippen LogP contribution in [0, 0.1) is 0 Å². The molecule has 0 aromatic heterocycles. The van der Waals surface area contributed by atoms with Crippen LogP contribution in [0.4, 0.5) is 11.4 Å². The number of rotatable bonds is 10. The second kappa shape index (κ2) is 11.3. The Morgan fingerprint density at radius 3 is 2.62 bits per heavy atom. The van der Waals surface area contributed by atoms with Crippen molar-refractivity contribution in [2.75, 3.05) is 25.1 Å². The average molecular weight is 577 g/mol. The lowest BCUT2D eigenvalue weighted by atomic mass is 10.1. The standard InChI is InChI=1S/C26H32IN3O4/c1-5-26(4,27)17-34-25(2,3)16-28-24(32)15-33-22-13-9-6-10-18(22)21-14-23(31)30-20-12-8-7-11-19(20)29-21/h6-13H,5,14-17H2,1-4H3,(H,28,32)(H,30,31). The number of hydrogen-bond donors (Lipinski definition) is 2. The zero-order valence-corrected chi connectivity index (χ0v) is 22.3. The number of nitrogens with zero attached hydrogens (tertiary/aromatic N) is 1. The third-order valence-electron chi connectivity index (χ3n) is 5.53. The van der Waals surface area contributed by atoms with Gasteiger partial charge in [-0.1, -0.05) is 53.8 Å². The predicted molar refractivity (Wildman–Crippen MR) is 144 cm³/mol. The van der Waals surface area contributed by atoms with E-state index in [0.717, 1.165) is 6.42 Å². The van der Waals surface area contributed by atoms with Gasteiger partial charge in [0.1, 0.15) is 5.75 Å². The minimum atomic E-state index is -0.495. The molecule has 0 radical (unpaired) electrons. The highest BCUT2D eigenvalue weighted by molar-refractivity contribution is 14.1. The van der Waals surface area contributed by atoms with Gasteiger partial charge in [0.05, 0.1) is 35.7 Å². The Kier molecular flexibility index (Phi) is 8.70. The number of amides is 2. The predicted octanol–water partition coefficient (Wildman–Crippen LogP) is 5.04. The Morgan fingerprint density at radius 2 is 1.85 bits per heavy atom. The van der Waals surface area contributed by atoms with Crippen LogP contribution in [0.25, 0.3) is 0 Å². The summed E-state index contributed by atoms with van der Waals surface area (Å²) in [4.78, 5) is 29.6. The van der Waals surface area contributed by atoms with Crippen molar-refractivity contribution < 1.29 is 19.1 Å². The average Bonchev–Trinajstić information content (AvgIpc) is 2.98. The van der Waals surface area contributed by atoms with Crippen LogP contribution in [-0.4, -0.2) is 46.3 Å². The first-order valence-corrected chi connectivity index (χ1v) is 12.4. The SMILES string of the molecule is CCC(C)(I)COC(C)(C)CNC(=O)COc1ccccc1C1=Nc2ccccc2NC(=O)C1. The molecule has 0 bridgehead atoms. The normalized spacial score (nSPS) is 15.3. The Hall–Kier alpha value is -2.46. The fraction of sp³-hybridized carbons (Fsp3) is 0.423. The van der Waals surface area contributed by atoms with Crippen LogP contribution in [0.3, 0.4) is 0 Å². The summed E-state index contributed by atoms with van der Waals surface area (Å²) in [6, 6.07) is 14.7. The monoisotopic (exact) mass is 577 g/mol. The van der Waals surface area contributed by atoms with Gasteiger partial charge in [-0.2, -0.15) is 0 Å². The first-order valence-electron chi connectivity index (χ1n) is 11.4. The van der Waals surface area contributed by atoms with E-state index in [-0.39, 0.29) is 28.3 Å². The van der Waals surface area contributed by atoms with Gasteiger partial charge in [-0.25, -0.2) is 4.99 Å². The second-order valence-electron chi connectivity index (χ2n) is 9.18. The van der Waals surface area contributed by atoms with Gasteiger partial charge >= 0.3 is 0 Å². The molecule has 2 N–H and O–H groups in total. The molecular weight excluding hydrogens is 545 g/mol. The molecule has 1 atom stereocenters. The summed E-state index contributed by atoms with van der Waals surface area (Å²) >= 11 is 2.40. The maximum absolute atomic E-state index is 12.5. The number of aliphatic imine (C=N–C) groups is 1. The first kappa shape index (κ1) is 26.2. The molecule has 0 saturated heterocycles. The van der Waals surface area contributed by atoms with Crippen molar-refractivity contribution in [2.45, 2.75) is 49.6 Å². The molecule has 0 spiro atoms. The number of halogens is 1. The zero-order chi connectivity index (χ0) is 24.8.